The van der Waals surface area contributed by atoms with E-state index in [9.17, 15) is 19.2 Å². The van der Waals surface area contributed by atoms with Crippen molar-refractivity contribution in [3.8, 4) is 0 Å². The van der Waals surface area contributed by atoms with Gasteiger partial charge >= 0.3 is 0 Å². The molecule has 2 heterocycles. The summed E-state index contributed by atoms with van der Waals surface area (Å²) in [6, 6.07) is 4.36. The molecule has 0 unspecified atom stereocenters. The van der Waals surface area contributed by atoms with Gasteiger partial charge in [-0.05, 0) is 62.4 Å². The Morgan fingerprint density at radius 1 is 1.00 bits per heavy atom. The number of halogens is 1. The molecular formula is C33H48FN7O4. The fourth-order valence-corrected chi connectivity index (χ4v) is 6.23. The van der Waals surface area contributed by atoms with Crippen LogP contribution in [-0.2, 0) is 20.9 Å². The highest BCUT2D eigenvalue weighted by Gasteiger charge is 2.35. The summed E-state index contributed by atoms with van der Waals surface area (Å²) in [5, 5.41) is 12.6. The number of rotatable bonds is 11. The topological polar surface area (TPSA) is 129 Å². The lowest BCUT2D eigenvalue weighted by Gasteiger charge is -2.36. The van der Waals surface area contributed by atoms with Crippen LogP contribution in [0.1, 0.15) is 81.8 Å². The standard InChI is InChI=1S/C33H48FN7O4/c1-6-28(42)37-29(33(45)40-18-16-39(5)17-19-40)22(4)24-12-13-26(25(34)20-24)36-32(44)30(23-10-8-21(3)9-11-23)38-31(43)27-14-15-35-41(27)7-2/h12-15,20-23,29-30H,6-11,16-19H2,1-5H3,(H,36,44)(H,37,42)(H,38,43)/t21?,22-,23?,29-,30-/m0/s1. The van der Waals surface area contributed by atoms with Crippen molar-refractivity contribution < 1.29 is 23.6 Å². The molecule has 3 N–H and O–H groups in total. The van der Waals surface area contributed by atoms with Gasteiger partial charge in [-0.25, -0.2) is 4.39 Å². The second-order valence-electron chi connectivity index (χ2n) is 12.5. The summed E-state index contributed by atoms with van der Waals surface area (Å²) in [4.78, 5) is 56.7. The number of nitrogens with one attached hydrogen (secondary N) is 3. The molecule has 2 fully saturated rings. The van der Waals surface area contributed by atoms with E-state index in [2.05, 4.69) is 32.9 Å². The predicted molar refractivity (Wildman–Crippen MR) is 170 cm³/mol. The fraction of sp³-hybridized carbons (Fsp3) is 0.606. The molecule has 1 saturated heterocycles. The minimum absolute atomic E-state index is 0.0162. The quantitative estimate of drug-likeness (QED) is 0.351. The van der Waals surface area contributed by atoms with Crippen molar-refractivity contribution in [2.75, 3.05) is 38.5 Å². The molecule has 2 aliphatic rings. The number of carbonyl (C=O) groups is 4. The number of aromatic nitrogens is 2. The van der Waals surface area contributed by atoms with Crippen LogP contribution < -0.4 is 16.0 Å². The van der Waals surface area contributed by atoms with Gasteiger partial charge in [0.1, 0.15) is 23.6 Å². The Morgan fingerprint density at radius 2 is 1.69 bits per heavy atom. The van der Waals surface area contributed by atoms with Crippen LogP contribution in [0.4, 0.5) is 10.1 Å². The lowest BCUT2D eigenvalue weighted by Crippen LogP contribution is -2.55. The highest BCUT2D eigenvalue weighted by atomic mass is 19.1. The van der Waals surface area contributed by atoms with Crippen LogP contribution in [0.15, 0.2) is 30.5 Å². The number of hydrogen-bond acceptors (Lipinski definition) is 6. The highest BCUT2D eigenvalue weighted by molar-refractivity contribution is 6.00. The number of nitrogens with zero attached hydrogens (tertiary/aromatic N) is 4. The molecule has 1 aliphatic carbocycles. The van der Waals surface area contributed by atoms with Gasteiger partial charge in [-0.3, -0.25) is 23.9 Å². The van der Waals surface area contributed by atoms with Crippen LogP contribution in [0.5, 0.6) is 0 Å². The highest BCUT2D eigenvalue weighted by Crippen LogP contribution is 2.32. The molecule has 12 heteroatoms. The third kappa shape index (κ3) is 8.47. The van der Waals surface area contributed by atoms with Crippen molar-refractivity contribution in [2.24, 2.45) is 11.8 Å². The third-order valence-electron chi connectivity index (χ3n) is 9.35. The molecule has 4 rings (SSSR count). The maximum atomic E-state index is 15.6. The minimum Gasteiger partial charge on any atom is -0.344 e. The normalized spacial score (nSPS) is 21.0. The average Bonchev–Trinajstić information content (AvgIpc) is 3.53. The van der Waals surface area contributed by atoms with Crippen LogP contribution >= 0.6 is 0 Å². The number of likely N-dealkylation sites (N-methyl/N-ethyl adjacent to an activating group) is 1. The van der Waals surface area contributed by atoms with Gasteiger partial charge in [-0.2, -0.15) is 5.10 Å². The first-order valence-corrected chi connectivity index (χ1v) is 16.2. The Labute approximate surface area is 265 Å². The molecule has 0 spiro atoms. The van der Waals surface area contributed by atoms with Gasteiger partial charge in [0.2, 0.25) is 17.7 Å². The molecule has 0 radical (unpaired) electrons. The van der Waals surface area contributed by atoms with E-state index in [-0.39, 0.29) is 29.8 Å². The first-order valence-electron chi connectivity index (χ1n) is 16.2. The van der Waals surface area contributed by atoms with E-state index in [1.54, 1.807) is 41.8 Å². The smallest absolute Gasteiger partial charge is 0.270 e. The maximum Gasteiger partial charge on any atom is 0.270 e. The van der Waals surface area contributed by atoms with Crippen molar-refractivity contribution in [1.82, 2.24) is 30.2 Å². The Balaban J connectivity index is 1.52. The lowest BCUT2D eigenvalue weighted by atomic mass is 9.79. The summed E-state index contributed by atoms with van der Waals surface area (Å²) < 4.78 is 17.2. The van der Waals surface area contributed by atoms with Crippen molar-refractivity contribution >= 4 is 29.3 Å². The van der Waals surface area contributed by atoms with Crippen LogP contribution in [0, 0.1) is 17.7 Å². The molecule has 2 aromatic rings. The summed E-state index contributed by atoms with van der Waals surface area (Å²) in [7, 11) is 2.00. The zero-order chi connectivity index (χ0) is 32.7. The Hall–Kier alpha value is -3.80. The number of piperazine rings is 1. The van der Waals surface area contributed by atoms with Gasteiger partial charge in [0.05, 0.1) is 5.69 Å². The first kappa shape index (κ1) is 34.1. The van der Waals surface area contributed by atoms with Gasteiger partial charge in [-0.1, -0.05) is 39.7 Å². The molecule has 246 valence electrons. The summed E-state index contributed by atoms with van der Waals surface area (Å²) in [5.41, 5.74) is 0.866. The predicted octanol–water partition coefficient (Wildman–Crippen LogP) is 3.38. The lowest BCUT2D eigenvalue weighted by molar-refractivity contribution is -0.138. The van der Waals surface area contributed by atoms with E-state index in [0.717, 1.165) is 38.8 Å². The molecule has 0 bridgehead atoms. The fourth-order valence-electron chi connectivity index (χ4n) is 6.23. The van der Waals surface area contributed by atoms with Gasteiger partial charge in [0.25, 0.3) is 5.91 Å². The molecule has 4 amide bonds. The number of aryl methyl sites for hydroxylation is 1. The molecular weight excluding hydrogens is 577 g/mol. The van der Waals surface area contributed by atoms with Gasteiger partial charge in [-0.15, -0.1) is 0 Å². The Kier molecular flexibility index (Phi) is 11.7. The first-order chi connectivity index (χ1) is 21.5. The number of anilines is 1. The van der Waals surface area contributed by atoms with Crippen LogP contribution in [-0.4, -0.2) is 88.5 Å². The van der Waals surface area contributed by atoms with Gasteiger partial charge < -0.3 is 25.8 Å². The number of hydrogen-bond donors (Lipinski definition) is 3. The summed E-state index contributed by atoms with van der Waals surface area (Å²) in [6.07, 6.45) is 5.21. The van der Waals surface area contributed by atoms with Gasteiger partial charge in [0.15, 0.2) is 0 Å². The summed E-state index contributed by atoms with van der Waals surface area (Å²) in [5.74, 6) is -2.06. The Bertz CT molecular complexity index is 1350. The van der Waals surface area contributed by atoms with E-state index in [0.29, 0.717) is 36.8 Å². The van der Waals surface area contributed by atoms with E-state index in [4.69, 9.17) is 0 Å². The molecule has 11 nitrogen and oxygen atoms in total. The summed E-state index contributed by atoms with van der Waals surface area (Å²) in [6.45, 7) is 10.7. The van der Waals surface area contributed by atoms with Crippen molar-refractivity contribution in [2.45, 2.75) is 84.3 Å². The van der Waals surface area contributed by atoms with E-state index < -0.39 is 35.6 Å². The molecule has 1 aromatic carbocycles. The number of benzene rings is 1. The minimum atomic E-state index is -0.856. The molecule has 3 atom stereocenters. The Morgan fingerprint density at radius 3 is 2.31 bits per heavy atom. The van der Waals surface area contributed by atoms with Gasteiger partial charge in [0, 0.05) is 51.3 Å². The number of amides is 4. The SMILES string of the molecule is CCC(=O)N[C@H](C(=O)N1CCN(C)CC1)[C@@H](C)c1ccc(NC(=O)[C@@H](NC(=O)c2ccnn2CC)C2CCC(C)CC2)c(F)c1. The van der Waals surface area contributed by atoms with E-state index >= 15 is 4.39 Å². The van der Waals surface area contributed by atoms with Crippen molar-refractivity contribution in [3.63, 3.8) is 0 Å². The van der Waals surface area contributed by atoms with Crippen LogP contribution in [0.2, 0.25) is 0 Å². The van der Waals surface area contributed by atoms with Crippen LogP contribution in [0.25, 0.3) is 0 Å². The average molecular weight is 626 g/mol. The largest absolute Gasteiger partial charge is 0.344 e. The maximum absolute atomic E-state index is 15.6. The summed E-state index contributed by atoms with van der Waals surface area (Å²) >= 11 is 0. The number of carbonyl (C=O) groups excluding carboxylic acids is 4. The van der Waals surface area contributed by atoms with Crippen LogP contribution in [0.3, 0.4) is 0 Å². The zero-order valence-electron chi connectivity index (χ0n) is 27.1. The molecule has 1 saturated carbocycles. The second-order valence-corrected chi connectivity index (χ2v) is 12.5. The molecule has 1 aromatic heterocycles. The monoisotopic (exact) mass is 625 g/mol. The third-order valence-corrected chi connectivity index (χ3v) is 9.35. The van der Waals surface area contributed by atoms with E-state index in [1.807, 2.05) is 14.0 Å². The molecule has 45 heavy (non-hydrogen) atoms. The second kappa shape index (κ2) is 15.5. The molecule has 1 aliphatic heterocycles. The van der Waals surface area contributed by atoms with Crippen molar-refractivity contribution in [1.29, 1.82) is 0 Å². The van der Waals surface area contributed by atoms with E-state index in [1.165, 1.54) is 12.1 Å². The van der Waals surface area contributed by atoms with Crippen molar-refractivity contribution in [3.05, 3.63) is 47.5 Å². The zero-order valence-corrected chi connectivity index (χ0v) is 27.1.